The molecule has 1 N–H and O–H groups in total. The van der Waals surface area contributed by atoms with Crippen LogP contribution in [0.25, 0.3) is 6.08 Å². The highest BCUT2D eigenvalue weighted by Gasteiger charge is 2.25. The summed E-state index contributed by atoms with van der Waals surface area (Å²) < 4.78 is 0. The molecule has 2 nitrogen and oxygen atoms in total. The molecule has 0 aliphatic carbocycles. The van der Waals surface area contributed by atoms with Crippen molar-refractivity contribution in [2.24, 2.45) is 5.41 Å². The van der Waals surface area contributed by atoms with Gasteiger partial charge in [-0.1, -0.05) is 42.0 Å². The van der Waals surface area contributed by atoms with Gasteiger partial charge in [-0.05, 0) is 39.2 Å². The zero-order valence-corrected chi connectivity index (χ0v) is 10.7. The number of carboxylic acid groups (broad SMARTS) is 1. The highest BCUT2D eigenvalue weighted by Crippen LogP contribution is 2.22. The maximum absolute atomic E-state index is 10.9. The van der Waals surface area contributed by atoms with E-state index in [0.717, 1.165) is 12.0 Å². The van der Waals surface area contributed by atoms with Crippen molar-refractivity contribution in [1.29, 1.82) is 0 Å². The molecule has 1 rings (SSSR count). The van der Waals surface area contributed by atoms with Crippen molar-refractivity contribution >= 4 is 12.0 Å². The molecule has 0 heterocycles. The first-order chi connectivity index (χ1) is 7.92. The van der Waals surface area contributed by atoms with E-state index in [1.807, 2.05) is 12.2 Å². The lowest BCUT2D eigenvalue weighted by atomic mass is 9.88. The van der Waals surface area contributed by atoms with Gasteiger partial charge in [0.15, 0.2) is 0 Å². The largest absolute Gasteiger partial charge is 0.481 e. The summed E-state index contributed by atoms with van der Waals surface area (Å²) in [6.07, 6.45) is 5.52. The van der Waals surface area contributed by atoms with Crippen LogP contribution < -0.4 is 0 Å². The van der Waals surface area contributed by atoms with E-state index in [1.54, 1.807) is 13.8 Å². The third kappa shape index (κ3) is 4.43. The van der Waals surface area contributed by atoms with Crippen LogP contribution in [-0.4, -0.2) is 11.1 Å². The molecular formula is C15H20O2. The Kier molecular flexibility index (Phi) is 4.50. The normalized spacial score (nSPS) is 11.9. The van der Waals surface area contributed by atoms with Gasteiger partial charge in [-0.15, -0.1) is 0 Å². The predicted molar refractivity (Wildman–Crippen MR) is 70.9 cm³/mol. The SMILES string of the molecule is Cc1ccc(/C=C/CCC(C)(C)C(=O)O)cc1. The van der Waals surface area contributed by atoms with Crippen molar-refractivity contribution in [2.45, 2.75) is 33.6 Å². The van der Waals surface area contributed by atoms with Gasteiger partial charge in [0, 0.05) is 0 Å². The molecule has 17 heavy (non-hydrogen) atoms. The van der Waals surface area contributed by atoms with Crippen molar-refractivity contribution in [2.75, 3.05) is 0 Å². The molecule has 0 atom stereocenters. The van der Waals surface area contributed by atoms with E-state index in [2.05, 4.69) is 31.2 Å². The smallest absolute Gasteiger partial charge is 0.309 e. The minimum absolute atomic E-state index is 0.641. The molecule has 0 fully saturated rings. The minimum atomic E-state index is -0.735. The van der Waals surface area contributed by atoms with Gasteiger partial charge in [-0.2, -0.15) is 0 Å². The van der Waals surface area contributed by atoms with Gasteiger partial charge in [0.1, 0.15) is 0 Å². The molecule has 0 spiro atoms. The van der Waals surface area contributed by atoms with Crippen LogP contribution in [0.3, 0.4) is 0 Å². The number of allylic oxidation sites excluding steroid dienone is 1. The fourth-order valence-electron chi connectivity index (χ4n) is 1.45. The second-order valence-corrected chi connectivity index (χ2v) is 5.04. The summed E-state index contributed by atoms with van der Waals surface area (Å²) in [5.74, 6) is -0.735. The first-order valence-corrected chi connectivity index (χ1v) is 5.88. The number of aryl methyl sites for hydroxylation is 1. The van der Waals surface area contributed by atoms with Crippen LogP contribution in [0.15, 0.2) is 30.3 Å². The molecule has 0 amide bonds. The summed E-state index contributed by atoms with van der Waals surface area (Å²) in [5.41, 5.74) is 1.76. The summed E-state index contributed by atoms with van der Waals surface area (Å²) >= 11 is 0. The lowest BCUT2D eigenvalue weighted by molar-refractivity contribution is -0.147. The second-order valence-electron chi connectivity index (χ2n) is 5.04. The van der Waals surface area contributed by atoms with Crippen molar-refractivity contribution in [3.63, 3.8) is 0 Å². The first kappa shape index (κ1) is 13.5. The third-order valence-corrected chi connectivity index (χ3v) is 2.90. The van der Waals surface area contributed by atoms with Crippen LogP contribution in [0, 0.1) is 12.3 Å². The Hall–Kier alpha value is -1.57. The summed E-state index contributed by atoms with van der Waals surface area (Å²) in [4.78, 5) is 10.9. The molecule has 0 radical (unpaired) electrons. The molecule has 92 valence electrons. The van der Waals surface area contributed by atoms with Crippen molar-refractivity contribution in [1.82, 2.24) is 0 Å². The van der Waals surface area contributed by atoms with Crippen molar-refractivity contribution in [3.05, 3.63) is 41.5 Å². The van der Waals surface area contributed by atoms with Gasteiger partial charge >= 0.3 is 5.97 Å². The Labute approximate surface area is 103 Å². The van der Waals surface area contributed by atoms with E-state index in [4.69, 9.17) is 5.11 Å². The zero-order chi connectivity index (χ0) is 12.9. The predicted octanol–water partition coefficient (Wildman–Crippen LogP) is 3.90. The van der Waals surface area contributed by atoms with E-state index < -0.39 is 11.4 Å². The number of carbonyl (C=O) groups is 1. The van der Waals surface area contributed by atoms with Crippen LogP contribution >= 0.6 is 0 Å². The van der Waals surface area contributed by atoms with Gasteiger partial charge in [0.25, 0.3) is 0 Å². The highest BCUT2D eigenvalue weighted by molar-refractivity contribution is 5.73. The van der Waals surface area contributed by atoms with Gasteiger partial charge in [0.2, 0.25) is 0 Å². The molecule has 0 bridgehead atoms. The van der Waals surface area contributed by atoms with Gasteiger partial charge < -0.3 is 5.11 Å². The molecule has 2 heteroatoms. The Morgan fingerprint density at radius 2 is 1.88 bits per heavy atom. The summed E-state index contributed by atoms with van der Waals surface area (Å²) in [6.45, 7) is 5.58. The number of rotatable bonds is 5. The van der Waals surface area contributed by atoms with E-state index >= 15 is 0 Å². The third-order valence-electron chi connectivity index (χ3n) is 2.90. The molecule has 0 saturated carbocycles. The average molecular weight is 232 g/mol. The van der Waals surface area contributed by atoms with Crippen molar-refractivity contribution < 1.29 is 9.90 Å². The van der Waals surface area contributed by atoms with Crippen LogP contribution in [0.2, 0.25) is 0 Å². The van der Waals surface area contributed by atoms with Gasteiger partial charge in [-0.3, -0.25) is 4.79 Å². The lowest BCUT2D eigenvalue weighted by Gasteiger charge is -2.17. The molecule has 1 aromatic carbocycles. The molecule has 0 unspecified atom stereocenters. The molecule has 0 saturated heterocycles. The van der Waals surface area contributed by atoms with Crippen molar-refractivity contribution in [3.8, 4) is 0 Å². The summed E-state index contributed by atoms with van der Waals surface area (Å²) in [6, 6.07) is 8.27. The monoisotopic (exact) mass is 232 g/mol. The number of hydrogen-bond acceptors (Lipinski definition) is 1. The molecule has 0 aromatic heterocycles. The zero-order valence-electron chi connectivity index (χ0n) is 10.7. The van der Waals surface area contributed by atoms with Crippen LogP contribution in [0.1, 0.15) is 37.8 Å². The molecule has 0 aliphatic heterocycles. The second kappa shape index (κ2) is 5.67. The van der Waals surface area contributed by atoms with Crippen LogP contribution in [-0.2, 0) is 4.79 Å². The number of aliphatic carboxylic acids is 1. The van der Waals surface area contributed by atoms with Gasteiger partial charge in [0.05, 0.1) is 5.41 Å². The highest BCUT2D eigenvalue weighted by atomic mass is 16.4. The topological polar surface area (TPSA) is 37.3 Å². The minimum Gasteiger partial charge on any atom is -0.481 e. The Morgan fingerprint density at radius 1 is 1.29 bits per heavy atom. The standard InChI is InChI=1S/C15H20O2/c1-12-7-9-13(10-8-12)6-4-5-11-15(2,3)14(16)17/h4,6-10H,5,11H2,1-3H3,(H,16,17)/b6-4+. The molecule has 1 aromatic rings. The number of hydrogen-bond donors (Lipinski definition) is 1. The van der Waals surface area contributed by atoms with E-state index in [9.17, 15) is 4.79 Å². The Balaban J connectivity index is 2.46. The fourth-order valence-corrected chi connectivity index (χ4v) is 1.45. The lowest BCUT2D eigenvalue weighted by Crippen LogP contribution is -2.22. The Morgan fingerprint density at radius 3 is 2.41 bits per heavy atom. The van der Waals surface area contributed by atoms with Crippen LogP contribution in [0.4, 0.5) is 0 Å². The molecular weight excluding hydrogens is 212 g/mol. The summed E-state index contributed by atoms with van der Waals surface area (Å²) in [5, 5.41) is 8.96. The number of carboxylic acids is 1. The average Bonchev–Trinajstić information content (AvgIpc) is 2.26. The van der Waals surface area contributed by atoms with E-state index in [-0.39, 0.29) is 0 Å². The van der Waals surface area contributed by atoms with E-state index in [0.29, 0.717) is 6.42 Å². The van der Waals surface area contributed by atoms with Gasteiger partial charge in [-0.25, -0.2) is 0 Å². The quantitative estimate of drug-likeness (QED) is 0.836. The Bertz CT molecular complexity index is 399. The first-order valence-electron chi connectivity index (χ1n) is 5.88. The van der Waals surface area contributed by atoms with Crippen LogP contribution in [0.5, 0.6) is 0 Å². The maximum Gasteiger partial charge on any atom is 0.309 e. The summed E-state index contributed by atoms with van der Waals surface area (Å²) in [7, 11) is 0. The fraction of sp³-hybridized carbons (Fsp3) is 0.400. The maximum atomic E-state index is 10.9. The molecule has 0 aliphatic rings. The number of benzene rings is 1. The van der Waals surface area contributed by atoms with E-state index in [1.165, 1.54) is 5.56 Å².